The van der Waals surface area contributed by atoms with E-state index in [0.29, 0.717) is 22.6 Å². The summed E-state index contributed by atoms with van der Waals surface area (Å²) in [7, 11) is 1.57. The van der Waals surface area contributed by atoms with Crippen LogP contribution in [0.3, 0.4) is 0 Å². The molecule has 2 amide bonds. The molecule has 1 atom stereocenters. The molecule has 0 spiro atoms. The van der Waals surface area contributed by atoms with Crippen molar-refractivity contribution in [2.75, 3.05) is 12.4 Å². The number of rotatable bonds is 8. The molecule has 0 aliphatic rings. The van der Waals surface area contributed by atoms with Gasteiger partial charge in [-0.1, -0.05) is 12.1 Å². The van der Waals surface area contributed by atoms with Crippen molar-refractivity contribution in [3.8, 4) is 5.75 Å². The molecule has 0 saturated carbocycles. The maximum absolute atomic E-state index is 12.7. The molecule has 0 bridgehead atoms. The first kappa shape index (κ1) is 20.2. The number of hydrogen-bond acceptors (Lipinski definition) is 4. The number of nitrogens with one attached hydrogen (secondary N) is 2. The normalized spacial score (nSPS) is 11.5. The van der Waals surface area contributed by atoms with Crippen molar-refractivity contribution in [1.82, 2.24) is 5.32 Å². The molecule has 1 aromatic heterocycles. The van der Waals surface area contributed by atoms with Crippen LogP contribution in [0, 0.1) is 0 Å². The monoisotopic (exact) mass is 392 g/mol. The first-order chi connectivity index (χ1) is 14.1. The van der Waals surface area contributed by atoms with Crippen molar-refractivity contribution in [1.29, 1.82) is 0 Å². The smallest absolute Gasteiger partial charge is 0.255 e. The Kier molecular flexibility index (Phi) is 6.68. The van der Waals surface area contributed by atoms with Gasteiger partial charge in [0.25, 0.3) is 11.8 Å². The summed E-state index contributed by atoms with van der Waals surface area (Å²) in [5.41, 5.74) is 1.36. The summed E-state index contributed by atoms with van der Waals surface area (Å²) in [6, 6.07) is 17.5. The fraction of sp³-hybridized carbons (Fsp3) is 0.217. The van der Waals surface area contributed by atoms with E-state index in [-0.39, 0.29) is 17.9 Å². The van der Waals surface area contributed by atoms with E-state index in [1.54, 1.807) is 61.9 Å². The van der Waals surface area contributed by atoms with Crippen molar-refractivity contribution in [3.05, 3.63) is 83.8 Å². The lowest BCUT2D eigenvalue weighted by Gasteiger charge is -2.16. The molecule has 0 fully saturated rings. The van der Waals surface area contributed by atoms with Crippen molar-refractivity contribution in [3.63, 3.8) is 0 Å². The van der Waals surface area contributed by atoms with Gasteiger partial charge in [-0.05, 0) is 61.9 Å². The van der Waals surface area contributed by atoms with Gasteiger partial charge in [-0.3, -0.25) is 9.59 Å². The van der Waals surface area contributed by atoms with E-state index in [0.717, 1.165) is 18.6 Å². The lowest BCUT2D eigenvalue weighted by Crippen LogP contribution is -2.33. The molecule has 2 aromatic carbocycles. The fourth-order valence-corrected chi connectivity index (χ4v) is 2.91. The number of anilines is 1. The summed E-state index contributed by atoms with van der Waals surface area (Å²) in [5, 5.41) is 5.80. The number of methoxy groups -OCH3 is 1. The highest BCUT2D eigenvalue weighted by Crippen LogP contribution is 2.18. The molecule has 3 rings (SSSR count). The van der Waals surface area contributed by atoms with Crippen LogP contribution >= 0.6 is 0 Å². The van der Waals surface area contributed by atoms with Crippen molar-refractivity contribution in [2.24, 2.45) is 0 Å². The molecule has 29 heavy (non-hydrogen) atoms. The third-order valence-electron chi connectivity index (χ3n) is 4.55. The van der Waals surface area contributed by atoms with Crippen LogP contribution in [0.4, 0.5) is 5.69 Å². The van der Waals surface area contributed by atoms with Crippen LogP contribution in [0.15, 0.2) is 71.3 Å². The van der Waals surface area contributed by atoms with E-state index in [9.17, 15) is 9.59 Å². The molecule has 0 aliphatic carbocycles. The van der Waals surface area contributed by atoms with Gasteiger partial charge in [0.05, 0.1) is 24.6 Å². The van der Waals surface area contributed by atoms with Gasteiger partial charge < -0.3 is 19.8 Å². The van der Waals surface area contributed by atoms with E-state index < -0.39 is 0 Å². The summed E-state index contributed by atoms with van der Waals surface area (Å²) in [6.45, 7) is 1.94. The predicted molar refractivity (Wildman–Crippen MR) is 111 cm³/mol. The Balaban J connectivity index is 1.64. The molecule has 1 heterocycles. The zero-order valence-electron chi connectivity index (χ0n) is 16.5. The standard InChI is InChI=1S/C23H24N2O4/c1-16(9-12-19-6-5-15-29-19)24-23(27)20-7-3-4-8-21(20)25-22(26)17-10-13-18(28-2)14-11-17/h3-8,10-11,13-16H,9,12H2,1-2H3,(H,24,27)(H,25,26). The topological polar surface area (TPSA) is 80.6 Å². The minimum absolute atomic E-state index is 0.0436. The summed E-state index contributed by atoms with van der Waals surface area (Å²) in [5.74, 6) is 1.03. The number of carbonyl (C=O) groups is 2. The van der Waals surface area contributed by atoms with Crippen LogP contribution in [-0.4, -0.2) is 25.0 Å². The summed E-state index contributed by atoms with van der Waals surface area (Å²) in [6.07, 6.45) is 3.13. The predicted octanol–water partition coefficient (Wildman–Crippen LogP) is 4.29. The van der Waals surface area contributed by atoms with Crippen LogP contribution < -0.4 is 15.4 Å². The van der Waals surface area contributed by atoms with Gasteiger partial charge in [-0.15, -0.1) is 0 Å². The lowest BCUT2D eigenvalue weighted by atomic mass is 10.1. The third-order valence-corrected chi connectivity index (χ3v) is 4.55. The fourth-order valence-electron chi connectivity index (χ4n) is 2.91. The Hall–Kier alpha value is -3.54. The van der Waals surface area contributed by atoms with Crippen LogP contribution in [0.25, 0.3) is 0 Å². The Labute approximate surface area is 169 Å². The van der Waals surface area contributed by atoms with Gasteiger partial charge >= 0.3 is 0 Å². The average molecular weight is 392 g/mol. The van der Waals surface area contributed by atoms with E-state index in [1.165, 1.54) is 0 Å². The Bertz CT molecular complexity index is 949. The molecule has 6 nitrogen and oxygen atoms in total. The Morgan fingerprint density at radius 1 is 1.00 bits per heavy atom. The highest BCUT2D eigenvalue weighted by atomic mass is 16.5. The molecule has 2 N–H and O–H groups in total. The average Bonchev–Trinajstić information content (AvgIpc) is 3.26. The minimum Gasteiger partial charge on any atom is -0.497 e. The molecule has 3 aromatic rings. The van der Waals surface area contributed by atoms with Gasteiger partial charge in [0.15, 0.2) is 0 Å². The highest BCUT2D eigenvalue weighted by Gasteiger charge is 2.16. The molecule has 1 unspecified atom stereocenters. The first-order valence-electron chi connectivity index (χ1n) is 9.44. The van der Waals surface area contributed by atoms with Crippen LogP contribution in [0.5, 0.6) is 5.75 Å². The molecular weight excluding hydrogens is 368 g/mol. The van der Waals surface area contributed by atoms with Crippen LogP contribution in [0.2, 0.25) is 0 Å². The molecular formula is C23H24N2O4. The maximum Gasteiger partial charge on any atom is 0.255 e. The van der Waals surface area contributed by atoms with Crippen molar-refractivity contribution >= 4 is 17.5 Å². The number of para-hydroxylation sites is 1. The first-order valence-corrected chi connectivity index (χ1v) is 9.44. The van der Waals surface area contributed by atoms with Gasteiger partial charge in [0.2, 0.25) is 0 Å². The Morgan fingerprint density at radius 3 is 2.45 bits per heavy atom. The lowest BCUT2D eigenvalue weighted by molar-refractivity contribution is 0.0939. The number of furan rings is 1. The van der Waals surface area contributed by atoms with E-state index >= 15 is 0 Å². The highest BCUT2D eigenvalue weighted by molar-refractivity contribution is 6.09. The second kappa shape index (κ2) is 9.59. The number of aryl methyl sites for hydroxylation is 1. The van der Waals surface area contributed by atoms with Crippen LogP contribution in [0.1, 0.15) is 39.8 Å². The SMILES string of the molecule is COc1ccc(C(=O)Nc2ccccc2C(=O)NC(C)CCc2ccco2)cc1. The summed E-state index contributed by atoms with van der Waals surface area (Å²) < 4.78 is 10.4. The van der Waals surface area contributed by atoms with E-state index in [4.69, 9.17) is 9.15 Å². The van der Waals surface area contributed by atoms with Crippen molar-refractivity contribution < 1.29 is 18.7 Å². The maximum atomic E-state index is 12.7. The van der Waals surface area contributed by atoms with E-state index in [2.05, 4.69) is 10.6 Å². The zero-order chi connectivity index (χ0) is 20.6. The van der Waals surface area contributed by atoms with Crippen molar-refractivity contribution in [2.45, 2.75) is 25.8 Å². The second-order valence-corrected chi connectivity index (χ2v) is 6.72. The van der Waals surface area contributed by atoms with Gasteiger partial charge in [0, 0.05) is 18.0 Å². The van der Waals surface area contributed by atoms with Crippen LogP contribution in [-0.2, 0) is 6.42 Å². The molecule has 0 aliphatic heterocycles. The number of carbonyl (C=O) groups excluding carboxylic acids is 2. The second-order valence-electron chi connectivity index (χ2n) is 6.72. The third kappa shape index (κ3) is 5.48. The zero-order valence-corrected chi connectivity index (χ0v) is 16.5. The quantitative estimate of drug-likeness (QED) is 0.599. The van der Waals surface area contributed by atoms with E-state index in [1.807, 2.05) is 19.1 Å². The number of ether oxygens (including phenoxy) is 1. The number of amides is 2. The van der Waals surface area contributed by atoms with Gasteiger partial charge in [-0.25, -0.2) is 0 Å². The molecule has 0 radical (unpaired) electrons. The Morgan fingerprint density at radius 2 is 1.76 bits per heavy atom. The molecule has 150 valence electrons. The number of hydrogen-bond donors (Lipinski definition) is 2. The number of benzene rings is 2. The largest absolute Gasteiger partial charge is 0.497 e. The van der Waals surface area contributed by atoms with Gasteiger partial charge in [0.1, 0.15) is 11.5 Å². The minimum atomic E-state index is -0.293. The molecule has 0 saturated heterocycles. The summed E-state index contributed by atoms with van der Waals surface area (Å²) in [4.78, 5) is 25.3. The molecule has 6 heteroatoms. The van der Waals surface area contributed by atoms with Gasteiger partial charge in [-0.2, -0.15) is 0 Å². The summed E-state index contributed by atoms with van der Waals surface area (Å²) >= 11 is 0.